The van der Waals surface area contributed by atoms with Crippen LogP contribution in [0.4, 0.5) is 0 Å². The molecule has 0 aromatic heterocycles. The lowest BCUT2D eigenvalue weighted by atomic mass is 9.96. The van der Waals surface area contributed by atoms with E-state index in [0.29, 0.717) is 11.8 Å². The summed E-state index contributed by atoms with van der Waals surface area (Å²) in [5.74, 6) is 1.03. The van der Waals surface area contributed by atoms with E-state index in [-0.39, 0.29) is 6.10 Å². The number of benzene rings is 1. The zero-order valence-corrected chi connectivity index (χ0v) is 10.2. The Balaban J connectivity index is 2.28. The smallest absolute Gasteiger partial charge is 0.0879 e. The Bertz CT molecular complexity index is 351. The zero-order chi connectivity index (χ0) is 10.8. The molecule has 1 saturated heterocycles. The highest BCUT2D eigenvalue weighted by molar-refractivity contribution is 6.31. The molecule has 0 bridgehead atoms. The predicted octanol–water partition coefficient (Wildman–Crippen LogP) is 3.96. The third-order valence-electron chi connectivity index (χ3n) is 2.87. The van der Waals surface area contributed by atoms with Gasteiger partial charge in [-0.05, 0) is 30.5 Å². The van der Waals surface area contributed by atoms with Gasteiger partial charge in [0.25, 0.3) is 0 Å². The van der Waals surface area contributed by atoms with E-state index in [1.54, 1.807) is 0 Å². The highest BCUT2D eigenvalue weighted by Crippen LogP contribution is 2.38. The summed E-state index contributed by atoms with van der Waals surface area (Å²) in [6, 6.07) is 6.09. The van der Waals surface area contributed by atoms with Crippen LogP contribution in [0.25, 0.3) is 0 Å². The normalized spacial score (nSPS) is 25.8. The predicted molar refractivity (Wildman–Crippen MR) is 63.7 cm³/mol. The highest BCUT2D eigenvalue weighted by Gasteiger charge is 2.30. The monoisotopic (exact) mass is 244 g/mol. The molecule has 1 aromatic carbocycles. The molecule has 1 aliphatic rings. The first kappa shape index (κ1) is 11.3. The second-order valence-corrected chi connectivity index (χ2v) is 4.74. The van der Waals surface area contributed by atoms with Crippen molar-refractivity contribution in [1.29, 1.82) is 0 Å². The van der Waals surface area contributed by atoms with Crippen molar-refractivity contribution in [2.75, 3.05) is 12.5 Å². The lowest BCUT2D eigenvalue weighted by Crippen LogP contribution is -2.09. The van der Waals surface area contributed by atoms with E-state index in [1.165, 1.54) is 5.56 Å². The minimum atomic E-state index is 0.0793. The third-order valence-corrected chi connectivity index (χ3v) is 3.60. The van der Waals surface area contributed by atoms with Gasteiger partial charge in [-0.2, -0.15) is 0 Å². The second-order valence-electron chi connectivity index (χ2n) is 4.02. The van der Waals surface area contributed by atoms with Gasteiger partial charge in [0.05, 0.1) is 6.10 Å². The molecule has 3 heteroatoms. The molecule has 0 aliphatic carbocycles. The van der Waals surface area contributed by atoms with Gasteiger partial charge >= 0.3 is 0 Å². The van der Waals surface area contributed by atoms with E-state index in [2.05, 4.69) is 6.07 Å². The van der Waals surface area contributed by atoms with Crippen molar-refractivity contribution in [1.82, 2.24) is 0 Å². The zero-order valence-electron chi connectivity index (χ0n) is 8.67. The molecule has 1 aliphatic heterocycles. The fraction of sp³-hybridized carbons (Fsp3) is 0.500. The summed E-state index contributed by atoms with van der Waals surface area (Å²) in [5.41, 5.74) is 2.24. The Kier molecular flexibility index (Phi) is 3.55. The van der Waals surface area contributed by atoms with Crippen molar-refractivity contribution < 1.29 is 4.74 Å². The van der Waals surface area contributed by atoms with Gasteiger partial charge in [0, 0.05) is 23.4 Å². The number of halogens is 2. The van der Waals surface area contributed by atoms with Crippen LogP contribution in [0.15, 0.2) is 18.2 Å². The van der Waals surface area contributed by atoms with Gasteiger partial charge in [0.15, 0.2) is 0 Å². The minimum Gasteiger partial charge on any atom is -0.373 e. The van der Waals surface area contributed by atoms with Gasteiger partial charge in [0.2, 0.25) is 0 Å². The van der Waals surface area contributed by atoms with Crippen LogP contribution in [0.3, 0.4) is 0 Å². The van der Waals surface area contributed by atoms with Crippen LogP contribution in [0.2, 0.25) is 5.02 Å². The van der Waals surface area contributed by atoms with E-state index in [4.69, 9.17) is 27.9 Å². The second kappa shape index (κ2) is 4.73. The van der Waals surface area contributed by atoms with E-state index in [1.807, 2.05) is 19.1 Å². The van der Waals surface area contributed by atoms with Crippen molar-refractivity contribution in [3.63, 3.8) is 0 Å². The largest absolute Gasteiger partial charge is 0.373 e. The molecule has 0 saturated carbocycles. The first-order chi connectivity index (χ1) is 7.22. The number of ether oxygens (including phenoxy) is 1. The van der Waals surface area contributed by atoms with E-state index >= 15 is 0 Å². The average Bonchev–Trinajstić information content (AvgIpc) is 2.65. The SMILES string of the molecule is Cc1ccc(C2OCCC2CCl)c(Cl)c1. The van der Waals surface area contributed by atoms with Crippen LogP contribution < -0.4 is 0 Å². The summed E-state index contributed by atoms with van der Waals surface area (Å²) in [5, 5.41) is 0.789. The lowest BCUT2D eigenvalue weighted by Gasteiger charge is -2.18. The maximum Gasteiger partial charge on any atom is 0.0879 e. The molecule has 2 unspecified atom stereocenters. The van der Waals surface area contributed by atoms with Crippen molar-refractivity contribution in [2.24, 2.45) is 5.92 Å². The summed E-state index contributed by atoms with van der Waals surface area (Å²) in [7, 11) is 0. The van der Waals surface area contributed by atoms with Gasteiger partial charge in [-0.3, -0.25) is 0 Å². The maximum atomic E-state index is 6.21. The molecular formula is C12H14Cl2O. The molecule has 0 amide bonds. The first-order valence-corrected chi connectivity index (χ1v) is 6.07. The summed E-state index contributed by atoms with van der Waals surface area (Å²) < 4.78 is 5.69. The molecule has 0 spiro atoms. The van der Waals surface area contributed by atoms with E-state index in [9.17, 15) is 0 Å². The molecule has 1 aromatic rings. The number of aryl methyl sites for hydroxylation is 1. The molecule has 0 radical (unpaired) electrons. The van der Waals surface area contributed by atoms with Crippen molar-refractivity contribution in [3.05, 3.63) is 34.3 Å². The molecular weight excluding hydrogens is 231 g/mol. The first-order valence-electron chi connectivity index (χ1n) is 5.16. The Morgan fingerprint density at radius 1 is 1.47 bits per heavy atom. The molecule has 1 fully saturated rings. The Morgan fingerprint density at radius 2 is 2.27 bits per heavy atom. The third kappa shape index (κ3) is 2.30. The van der Waals surface area contributed by atoms with Crippen molar-refractivity contribution in [3.8, 4) is 0 Å². The Hall–Kier alpha value is -0.240. The van der Waals surface area contributed by atoms with Crippen molar-refractivity contribution >= 4 is 23.2 Å². The highest BCUT2D eigenvalue weighted by atomic mass is 35.5. The minimum absolute atomic E-state index is 0.0793. The van der Waals surface area contributed by atoms with Crippen LogP contribution in [-0.4, -0.2) is 12.5 Å². The summed E-state index contributed by atoms with van der Waals surface area (Å²) in [6.45, 7) is 2.82. The molecule has 1 heterocycles. The number of hydrogen-bond acceptors (Lipinski definition) is 1. The molecule has 0 N–H and O–H groups in total. The van der Waals surface area contributed by atoms with Crippen LogP contribution in [-0.2, 0) is 4.74 Å². The van der Waals surface area contributed by atoms with E-state index < -0.39 is 0 Å². The lowest BCUT2D eigenvalue weighted by molar-refractivity contribution is 0.0952. The summed E-state index contributed by atoms with van der Waals surface area (Å²) in [6.07, 6.45) is 1.11. The quantitative estimate of drug-likeness (QED) is 0.716. The summed E-state index contributed by atoms with van der Waals surface area (Å²) in [4.78, 5) is 0. The van der Waals surface area contributed by atoms with Gasteiger partial charge in [-0.15, -0.1) is 11.6 Å². The van der Waals surface area contributed by atoms with Gasteiger partial charge in [-0.25, -0.2) is 0 Å². The topological polar surface area (TPSA) is 9.23 Å². The maximum absolute atomic E-state index is 6.21. The molecule has 2 rings (SSSR count). The summed E-state index contributed by atoms with van der Waals surface area (Å²) >= 11 is 12.1. The number of hydrogen-bond donors (Lipinski definition) is 0. The van der Waals surface area contributed by atoms with Crippen LogP contribution in [0.5, 0.6) is 0 Å². The number of alkyl halides is 1. The fourth-order valence-corrected chi connectivity index (χ4v) is 2.66. The molecule has 15 heavy (non-hydrogen) atoms. The molecule has 2 atom stereocenters. The number of rotatable bonds is 2. The standard InChI is InChI=1S/C12H14Cl2O/c1-8-2-3-10(11(14)6-8)12-9(7-13)4-5-15-12/h2-3,6,9,12H,4-5,7H2,1H3. The van der Waals surface area contributed by atoms with E-state index in [0.717, 1.165) is 23.6 Å². The van der Waals surface area contributed by atoms with Crippen LogP contribution >= 0.6 is 23.2 Å². The van der Waals surface area contributed by atoms with Crippen LogP contribution in [0.1, 0.15) is 23.7 Å². The van der Waals surface area contributed by atoms with Crippen molar-refractivity contribution in [2.45, 2.75) is 19.4 Å². The van der Waals surface area contributed by atoms with Gasteiger partial charge in [0.1, 0.15) is 0 Å². The molecule has 1 nitrogen and oxygen atoms in total. The average molecular weight is 245 g/mol. The van der Waals surface area contributed by atoms with Crippen LogP contribution in [0, 0.1) is 12.8 Å². The Morgan fingerprint density at radius 3 is 2.93 bits per heavy atom. The van der Waals surface area contributed by atoms with Gasteiger partial charge < -0.3 is 4.74 Å². The molecule has 82 valence electrons. The van der Waals surface area contributed by atoms with Gasteiger partial charge in [-0.1, -0.05) is 23.7 Å². The Labute approximate surface area is 100 Å². The fourth-order valence-electron chi connectivity index (χ4n) is 2.00.